The van der Waals surface area contributed by atoms with E-state index in [-0.39, 0.29) is 17.6 Å². The average molecular weight is 343 g/mol. The van der Waals surface area contributed by atoms with Gasteiger partial charge >= 0.3 is 0 Å². The number of aryl methyl sites for hydroxylation is 1. The van der Waals surface area contributed by atoms with Crippen molar-refractivity contribution in [1.29, 1.82) is 0 Å². The van der Waals surface area contributed by atoms with E-state index < -0.39 is 6.10 Å². The summed E-state index contributed by atoms with van der Waals surface area (Å²) in [7, 11) is 0. The fourth-order valence-corrected chi connectivity index (χ4v) is 2.40. The Labute approximate surface area is 145 Å². The zero-order chi connectivity index (χ0) is 16.9. The summed E-state index contributed by atoms with van der Waals surface area (Å²) in [6.45, 7) is 2.13. The lowest BCUT2D eigenvalue weighted by atomic mass is 10.2. The number of carbonyl (C=O) groups excluding carboxylic acids is 1. The van der Waals surface area contributed by atoms with Gasteiger partial charge in [0.25, 0.3) is 5.91 Å². The first-order valence-corrected chi connectivity index (χ1v) is 7.84. The van der Waals surface area contributed by atoms with Crippen LogP contribution in [0.2, 0.25) is 0 Å². The van der Waals surface area contributed by atoms with Crippen molar-refractivity contribution >= 4 is 28.9 Å². The van der Waals surface area contributed by atoms with Gasteiger partial charge in [0.05, 0.1) is 0 Å². The van der Waals surface area contributed by atoms with Crippen molar-refractivity contribution in [2.24, 2.45) is 0 Å². The molecule has 6 nitrogen and oxygen atoms in total. The summed E-state index contributed by atoms with van der Waals surface area (Å²) in [5.41, 5.74) is 7.13. The van der Waals surface area contributed by atoms with Crippen LogP contribution in [0.15, 0.2) is 48.5 Å². The van der Waals surface area contributed by atoms with Crippen LogP contribution < -0.4 is 25.6 Å². The van der Waals surface area contributed by atoms with Crippen LogP contribution in [0.5, 0.6) is 11.5 Å². The Kier molecular flexibility index (Phi) is 4.81. The minimum atomic E-state index is -0.742. The number of thiocarbonyl (C=S) groups is 1. The molecule has 0 saturated carbocycles. The monoisotopic (exact) mass is 343 g/mol. The van der Waals surface area contributed by atoms with E-state index in [2.05, 4.69) is 16.2 Å². The summed E-state index contributed by atoms with van der Waals surface area (Å²) < 4.78 is 11.1. The highest BCUT2D eigenvalue weighted by molar-refractivity contribution is 7.80. The molecule has 0 saturated heterocycles. The van der Waals surface area contributed by atoms with E-state index in [0.717, 1.165) is 11.3 Å². The van der Waals surface area contributed by atoms with Gasteiger partial charge in [0.1, 0.15) is 6.61 Å². The molecule has 2 aromatic rings. The Bertz CT molecular complexity index is 766. The second kappa shape index (κ2) is 7.18. The summed E-state index contributed by atoms with van der Waals surface area (Å²) in [5, 5.41) is 3.27. The molecule has 0 aromatic heterocycles. The van der Waals surface area contributed by atoms with Crippen LogP contribution in [0, 0.1) is 6.92 Å². The quantitative estimate of drug-likeness (QED) is 0.573. The molecule has 0 fully saturated rings. The van der Waals surface area contributed by atoms with Gasteiger partial charge in [0, 0.05) is 5.69 Å². The van der Waals surface area contributed by atoms with Crippen molar-refractivity contribution in [1.82, 2.24) is 10.9 Å². The molecule has 1 aliphatic heterocycles. The van der Waals surface area contributed by atoms with E-state index in [4.69, 9.17) is 21.7 Å². The Morgan fingerprint density at radius 1 is 1.12 bits per heavy atom. The van der Waals surface area contributed by atoms with E-state index in [1.807, 2.05) is 43.3 Å². The fourth-order valence-electron chi connectivity index (χ4n) is 2.23. The number of fused-ring (bicyclic) bond motifs is 1. The van der Waals surface area contributed by atoms with Gasteiger partial charge in [-0.25, -0.2) is 0 Å². The molecule has 0 aliphatic carbocycles. The maximum atomic E-state index is 12.2. The van der Waals surface area contributed by atoms with Crippen LogP contribution in [-0.2, 0) is 4.79 Å². The first-order valence-electron chi connectivity index (χ1n) is 7.44. The maximum Gasteiger partial charge on any atom is 0.283 e. The lowest BCUT2D eigenvalue weighted by Crippen LogP contribution is -2.51. The number of hydrogen-bond acceptors (Lipinski definition) is 4. The van der Waals surface area contributed by atoms with E-state index in [0.29, 0.717) is 11.5 Å². The van der Waals surface area contributed by atoms with Gasteiger partial charge in [-0.1, -0.05) is 24.3 Å². The molecule has 1 atom stereocenters. The third-order valence-corrected chi connectivity index (χ3v) is 3.58. The van der Waals surface area contributed by atoms with E-state index in [9.17, 15) is 4.79 Å². The third-order valence-electron chi connectivity index (χ3n) is 3.38. The number of anilines is 1. The van der Waals surface area contributed by atoms with Gasteiger partial charge in [-0.2, -0.15) is 0 Å². The van der Waals surface area contributed by atoms with Crippen molar-refractivity contribution in [3.63, 3.8) is 0 Å². The number of ether oxygens (including phenoxy) is 2. The first kappa shape index (κ1) is 16.1. The molecule has 3 rings (SSSR count). The van der Waals surface area contributed by atoms with Crippen molar-refractivity contribution in [3.8, 4) is 11.5 Å². The highest BCUT2D eigenvalue weighted by Gasteiger charge is 2.27. The summed E-state index contributed by atoms with van der Waals surface area (Å²) in [6.07, 6.45) is -0.742. The summed E-state index contributed by atoms with van der Waals surface area (Å²) in [6, 6.07) is 15.0. The highest BCUT2D eigenvalue weighted by atomic mass is 32.1. The molecule has 7 heteroatoms. The second-order valence-corrected chi connectivity index (χ2v) is 5.71. The third kappa shape index (κ3) is 3.94. The van der Waals surface area contributed by atoms with Gasteiger partial charge in [-0.05, 0) is 49.0 Å². The van der Waals surface area contributed by atoms with Gasteiger partial charge in [-0.3, -0.25) is 15.6 Å². The van der Waals surface area contributed by atoms with Gasteiger partial charge < -0.3 is 14.8 Å². The number of para-hydroxylation sites is 2. The Balaban J connectivity index is 1.50. The first-order chi connectivity index (χ1) is 11.6. The number of rotatable bonds is 2. The molecule has 124 valence electrons. The fraction of sp³-hybridized carbons (Fsp3) is 0.176. The number of benzene rings is 2. The molecule has 1 unspecified atom stereocenters. The predicted octanol–water partition coefficient (Wildman–Crippen LogP) is 2.15. The van der Waals surface area contributed by atoms with E-state index in [1.54, 1.807) is 12.1 Å². The predicted molar refractivity (Wildman–Crippen MR) is 95.0 cm³/mol. The van der Waals surface area contributed by atoms with E-state index in [1.165, 1.54) is 0 Å². The van der Waals surface area contributed by atoms with Gasteiger partial charge in [0.15, 0.2) is 16.6 Å². The second-order valence-electron chi connectivity index (χ2n) is 5.30. The van der Waals surface area contributed by atoms with Crippen molar-refractivity contribution in [3.05, 3.63) is 54.1 Å². The van der Waals surface area contributed by atoms with Crippen molar-refractivity contribution < 1.29 is 14.3 Å². The molecule has 2 aromatic carbocycles. The number of hydrogen-bond donors (Lipinski definition) is 3. The Hall–Kier alpha value is -2.80. The standard InChI is InChI=1S/C17H17N3O3S/c1-11-5-4-6-12(9-11)18-17(24)20-19-16(21)15-10-22-13-7-2-3-8-14(13)23-15/h2-9,15H,10H2,1H3,(H,19,21)(H2,18,20,24). The summed E-state index contributed by atoms with van der Waals surface area (Å²) in [4.78, 5) is 12.2. The van der Waals surface area contributed by atoms with Crippen LogP contribution in [0.25, 0.3) is 0 Å². The normalized spacial score (nSPS) is 15.3. The minimum absolute atomic E-state index is 0.141. The number of carbonyl (C=O) groups is 1. The van der Waals surface area contributed by atoms with Crippen LogP contribution in [0.3, 0.4) is 0 Å². The molecule has 1 heterocycles. The van der Waals surface area contributed by atoms with E-state index >= 15 is 0 Å². The van der Waals surface area contributed by atoms with Gasteiger partial charge in [-0.15, -0.1) is 0 Å². The smallest absolute Gasteiger partial charge is 0.283 e. The lowest BCUT2D eigenvalue weighted by Gasteiger charge is -2.25. The molecule has 0 bridgehead atoms. The zero-order valence-electron chi connectivity index (χ0n) is 13.0. The number of hydrazine groups is 1. The van der Waals surface area contributed by atoms with Crippen LogP contribution in [-0.4, -0.2) is 23.7 Å². The largest absolute Gasteiger partial charge is 0.485 e. The lowest BCUT2D eigenvalue weighted by molar-refractivity contribution is -0.130. The Morgan fingerprint density at radius 2 is 1.92 bits per heavy atom. The highest BCUT2D eigenvalue weighted by Crippen LogP contribution is 2.30. The molecule has 3 N–H and O–H groups in total. The molecule has 0 radical (unpaired) electrons. The number of amides is 1. The molecule has 24 heavy (non-hydrogen) atoms. The zero-order valence-corrected chi connectivity index (χ0v) is 13.9. The molecular weight excluding hydrogens is 326 g/mol. The Morgan fingerprint density at radius 3 is 2.71 bits per heavy atom. The van der Waals surface area contributed by atoms with Gasteiger partial charge in [0.2, 0.25) is 6.10 Å². The molecule has 1 amide bonds. The van der Waals surface area contributed by atoms with Crippen LogP contribution in [0.4, 0.5) is 5.69 Å². The molecular formula is C17H17N3O3S. The average Bonchev–Trinajstić information content (AvgIpc) is 2.59. The molecule has 1 aliphatic rings. The number of nitrogens with one attached hydrogen (secondary N) is 3. The maximum absolute atomic E-state index is 12.2. The molecule has 0 spiro atoms. The SMILES string of the molecule is Cc1cccc(NC(=S)NNC(=O)C2COc3ccccc3O2)c1. The summed E-state index contributed by atoms with van der Waals surface area (Å²) >= 11 is 5.15. The van der Waals surface area contributed by atoms with Crippen LogP contribution in [0.1, 0.15) is 5.56 Å². The summed E-state index contributed by atoms with van der Waals surface area (Å²) in [5.74, 6) is 0.813. The topological polar surface area (TPSA) is 71.6 Å². The van der Waals surface area contributed by atoms with Crippen molar-refractivity contribution in [2.75, 3.05) is 11.9 Å². The minimum Gasteiger partial charge on any atom is -0.485 e. The van der Waals surface area contributed by atoms with Crippen molar-refractivity contribution in [2.45, 2.75) is 13.0 Å². The van der Waals surface area contributed by atoms with Crippen LogP contribution >= 0.6 is 12.2 Å².